The summed E-state index contributed by atoms with van der Waals surface area (Å²) in [4.78, 5) is 0. The van der Waals surface area contributed by atoms with Crippen LogP contribution in [0.25, 0.3) is 11.1 Å². The molecule has 4 heteroatoms. The van der Waals surface area contributed by atoms with Crippen LogP contribution in [0.1, 0.15) is 19.4 Å². The van der Waals surface area contributed by atoms with Crippen molar-refractivity contribution in [3.63, 3.8) is 0 Å². The second-order valence-corrected chi connectivity index (χ2v) is 4.55. The number of nitrogens with two attached hydrogens (primary N) is 1. The highest BCUT2D eigenvalue weighted by Gasteiger charge is 2.11. The molecule has 112 valence electrons. The number of halogens is 1. The summed E-state index contributed by atoms with van der Waals surface area (Å²) in [5.41, 5.74) is 7.77. The Bertz CT molecular complexity index is 614. The molecular weight excluding hydrogens is 269 g/mol. The molecule has 3 nitrogen and oxygen atoms in total. The van der Waals surface area contributed by atoms with E-state index in [4.69, 9.17) is 15.2 Å². The molecule has 0 aliphatic carbocycles. The molecule has 0 atom stereocenters. The average molecular weight is 289 g/mol. The topological polar surface area (TPSA) is 44.5 Å². The van der Waals surface area contributed by atoms with Crippen molar-refractivity contribution in [2.45, 2.75) is 20.4 Å². The lowest BCUT2D eigenvalue weighted by Crippen LogP contribution is -2.00. The van der Waals surface area contributed by atoms with Crippen LogP contribution in [0.3, 0.4) is 0 Å². The first-order valence-electron chi connectivity index (χ1n) is 7.08. The Labute approximate surface area is 124 Å². The second-order valence-electron chi connectivity index (χ2n) is 4.55. The van der Waals surface area contributed by atoms with E-state index in [-0.39, 0.29) is 5.82 Å². The standard InChI is InChI=1S/C17H20FNO2/c1-3-20-16-8-6-13(10-17(16)21-4-2)14-9-12(11-19)5-7-15(14)18/h5-10H,3-4,11,19H2,1-2H3. The van der Waals surface area contributed by atoms with Gasteiger partial charge in [0.05, 0.1) is 13.2 Å². The van der Waals surface area contributed by atoms with Gasteiger partial charge in [-0.05, 0) is 49.2 Å². The van der Waals surface area contributed by atoms with Crippen LogP contribution in [-0.2, 0) is 6.54 Å². The van der Waals surface area contributed by atoms with Crippen molar-refractivity contribution < 1.29 is 13.9 Å². The van der Waals surface area contributed by atoms with Crippen molar-refractivity contribution in [2.24, 2.45) is 5.73 Å². The van der Waals surface area contributed by atoms with Crippen LogP contribution in [0.15, 0.2) is 36.4 Å². The summed E-state index contributed by atoms with van der Waals surface area (Å²) >= 11 is 0. The fourth-order valence-electron chi connectivity index (χ4n) is 2.14. The van der Waals surface area contributed by atoms with Crippen LogP contribution >= 0.6 is 0 Å². The Morgan fingerprint density at radius 1 is 0.952 bits per heavy atom. The maximum absolute atomic E-state index is 14.0. The summed E-state index contributed by atoms with van der Waals surface area (Å²) in [6, 6.07) is 10.3. The molecule has 0 fully saturated rings. The van der Waals surface area contributed by atoms with Gasteiger partial charge in [0.25, 0.3) is 0 Å². The zero-order valence-corrected chi connectivity index (χ0v) is 12.4. The molecule has 2 aromatic rings. The number of ether oxygens (including phenoxy) is 2. The maximum atomic E-state index is 14.0. The zero-order chi connectivity index (χ0) is 15.2. The third-order valence-corrected chi connectivity index (χ3v) is 3.12. The van der Waals surface area contributed by atoms with E-state index in [2.05, 4.69) is 0 Å². The minimum absolute atomic E-state index is 0.279. The largest absolute Gasteiger partial charge is 0.490 e. The summed E-state index contributed by atoms with van der Waals surface area (Å²) in [5, 5.41) is 0. The molecule has 0 aliphatic heterocycles. The highest BCUT2D eigenvalue weighted by Crippen LogP contribution is 2.34. The first kappa shape index (κ1) is 15.3. The Morgan fingerprint density at radius 2 is 1.67 bits per heavy atom. The third-order valence-electron chi connectivity index (χ3n) is 3.12. The van der Waals surface area contributed by atoms with Crippen molar-refractivity contribution in [3.8, 4) is 22.6 Å². The summed E-state index contributed by atoms with van der Waals surface area (Å²) in [5.74, 6) is 1.01. The minimum atomic E-state index is -0.279. The third kappa shape index (κ3) is 3.52. The molecule has 0 radical (unpaired) electrons. The molecule has 21 heavy (non-hydrogen) atoms. The Morgan fingerprint density at radius 3 is 2.33 bits per heavy atom. The normalized spacial score (nSPS) is 10.5. The quantitative estimate of drug-likeness (QED) is 0.881. The van der Waals surface area contributed by atoms with Crippen molar-refractivity contribution >= 4 is 0 Å². The van der Waals surface area contributed by atoms with Gasteiger partial charge in [-0.3, -0.25) is 0 Å². The highest BCUT2D eigenvalue weighted by atomic mass is 19.1. The smallest absolute Gasteiger partial charge is 0.161 e. The molecule has 0 aliphatic rings. The summed E-state index contributed by atoms with van der Waals surface area (Å²) < 4.78 is 25.1. The molecule has 0 unspecified atom stereocenters. The molecule has 0 saturated carbocycles. The molecule has 0 saturated heterocycles. The van der Waals surface area contributed by atoms with Crippen LogP contribution < -0.4 is 15.2 Å². The van der Waals surface area contributed by atoms with Gasteiger partial charge < -0.3 is 15.2 Å². The maximum Gasteiger partial charge on any atom is 0.161 e. The SMILES string of the molecule is CCOc1ccc(-c2cc(CN)ccc2F)cc1OCC. The molecule has 2 N–H and O–H groups in total. The molecular formula is C17H20FNO2. The van der Waals surface area contributed by atoms with E-state index in [0.717, 1.165) is 11.1 Å². The lowest BCUT2D eigenvalue weighted by Gasteiger charge is -2.13. The Kier molecular flexibility index (Phi) is 5.17. The minimum Gasteiger partial charge on any atom is -0.490 e. The van der Waals surface area contributed by atoms with Crippen LogP contribution in [0.4, 0.5) is 4.39 Å². The molecule has 0 amide bonds. The molecule has 0 bridgehead atoms. The van der Waals surface area contributed by atoms with Crippen molar-refractivity contribution in [3.05, 3.63) is 47.8 Å². The molecule has 0 spiro atoms. The predicted molar refractivity (Wildman–Crippen MR) is 82.1 cm³/mol. The van der Waals surface area contributed by atoms with Crippen molar-refractivity contribution in [2.75, 3.05) is 13.2 Å². The van der Waals surface area contributed by atoms with Crippen LogP contribution in [0, 0.1) is 5.82 Å². The first-order valence-corrected chi connectivity index (χ1v) is 7.08. The van der Waals surface area contributed by atoms with Crippen LogP contribution in [0.5, 0.6) is 11.5 Å². The summed E-state index contributed by atoms with van der Waals surface area (Å²) in [7, 11) is 0. The van der Waals surface area contributed by atoms with Gasteiger partial charge in [0, 0.05) is 12.1 Å². The fourth-order valence-corrected chi connectivity index (χ4v) is 2.14. The lowest BCUT2D eigenvalue weighted by molar-refractivity contribution is 0.288. The van der Waals surface area contributed by atoms with Gasteiger partial charge in [-0.25, -0.2) is 4.39 Å². The molecule has 2 aromatic carbocycles. The van der Waals surface area contributed by atoms with Crippen LogP contribution in [0.2, 0.25) is 0 Å². The second kappa shape index (κ2) is 7.09. The van der Waals surface area contributed by atoms with E-state index in [9.17, 15) is 4.39 Å². The van der Waals surface area contributed by atoms with Crippen LogP contribution in [-0.4, -0.2) is 13.2 Å². The number of hydrogen-bond donors (Lipinski definition) is 1. The monoisotopic (exact) mass is 289 g/mol. The van der Waals surface area contributed by atoms with Crippen molar-refractivity contribution in [1.29, 1.82) is 0 Å². The average Bonchev–Trinajstić information content (AvgIpc) is 2.50. The van der Waals surface area contributed by atoms with E-state index < -0.39 is 0 Å². The molecule has 2 rings (SSSR count). The molecule has 0 heterocycles. The van der Waals surface area contributed by atoms with E-state index in [1.54, 1.807) is 24.3 Å². The fraction of sp³-hybridized carbons (Fsp3) is 0.294. The Hall–Kier alpha value is -2.07. The predicted octanol–water partition coefficient (Wildman–Crippen LogP) is 3.75. The van der Waals surface area contributed by atoms with Gasteiger partial charge in [0.2, 0.25) is 0 Å². The lowest BCUT2D eigenvalue weighted by atomic mass is 10.0. The number of rotatable bonds is 6. The Balaban J connectivity index is 2.46. The number of hydrogen-bond acceptors (Lipinski definition) is 3. The summed E-state index contributed by atoms with van der Waals surface area (Å²) in [6.07, 6.45) is 0. The number of benzene rings is 2. The van der Waals surface area contributed by atoms with Gasteiger partial charge >= 0.3 is 0 Å². The van der Waals surface area contributed by atoms with E-state index in [1.165, 1.54) is 6.07 Å². The summed E-state index contributed by atoms with van der Waals surface area (Å²) in [6.45, 7) is 5.26. The van der Waals surface area contributed by atoms with Gasteiger partial charge in [0.15, 0.2) is 11.5 Å². The van der Waals surface area contributed by atoms with Gasteiger partial charge in [-0.15, -0.1) is 0 Å². The van der Waals surface area contributed by atoms with Gasteiger partial charge in [0.1, 0.15) is 5.82 Å². The van der Waals surface area contributed by atoms with E-state index >= 15 is 0 Å². The zero-order valence-electron chi connectivity index (χ0n) is 12.4. The van der Waals surface area contributed by atoms with Gasteiger partial charge in [-0.2, -0.15) is 0 Å². The van der Waals surface area contributed by atoms with E-state index in [0.29, 0.717) is 36.8 Å². The molecule has 0 aromatic heterocycles. The van der Waals surface area contributed by atoms with Gasteiger partial charge in [-0.1, -0.05) is 12.1 Å². The van der Waals surface area contributed by atoms with Crippen molar-refractivity contribution in [1.82, 2.24) is 0 Å². The van der Waals surface area contributed by atoms with E-state index in [1.807, 2.05) is 19.9 Å². The first-order chi connectivity index (χ1) is 10.2. The highest BCUT2D eigenvalue weighted by molar-refractivity contribution is 5.68.